The summed E-state index contributed by atoms with van der Waals surface area (Å²) in [4.78, 5) is 12.0. The van der Waals surface area contributed by atoms with Crippen LogP contribution < -0.4 is 10.1 Å². The van der Waals surface area contributed by atoms with Crippen LogP contribution in [-0.4, -0.2) is 19.1 Å². The Kier molecular flexibility index (Phi) is 6.32. The van der Waals surface area contributed by atoms with Crippen LogP contribution in [0.25, 0.3) is 0 Å². The van der Waals surface area contributed by atoms with Crippen molar-refractivity contribution >= 4 is 40.1 Å². The standard InChI is InChI=1S/C16H15ClINO2/c17-12-7-8-14(15(18)11-12)16(20)19-9-4-10-21-13-5-2-1-3-6-13/h1-3,5-8,11H,4,9-10H2,(H,19,20). The number of carbonyl (C=O) groups excluding carboxylic acids is 1. The molecule has 2 aromatic rings. The fraction of sp³-hybridized carbons (Fsp3) is 0.188. The van der Waals surface area contributed by atoms with E-state index in [1.165, 1.54) is 0 Å². The second kappa shape index (κ2) is 8.24. The van der Waals surface area contributed by atoms with Crippen molar-refractivity contribution in [1.82, 2.24) is 5.32 Å². The van der Waals surface area contributed by atoms with Gasteiger partial charge in [-0.2, -0.15) is 0 Å². The van der Waals surface area contributed by atoms with Crippen LogP contribution in [0.3, 0.4) is 0 Å². The molecule has 2 aromatic carbocycles. The molecule has 0 aromatic heterocycles. The van der Waals surface area contributed by atoms with Crippen LogP contribution in [0.1, 0.15) is 16.8 Å². The van der Waals surface area contributed by atoms with Crippen molar-refractivity contribution in [3.8, 4) is 5.75 Å². The molecular weight excluding hydrogens is 401 g/mol. The average molecular weight is 416 g/mol. The summed E-state index contributed by atoms with van der Waals surface area (Å²) >= 11 is 7.98. The van der Waals surface area contributed by atoms with Crippen LogP contribution in [-0.2, 0) is 0 Å². The van der Waals surface area contributed by atoms with E-state index in [0.29, 0.717) is 23.7 Å². The fourth-order valence-electron chi connectivity index (χ4n) is 1.75. The van der Waals surface area contributed by atoms with Gasteiger partial charge in [0, 0.05) is 15.1 Å². The van der Waals surface area contributed by atoms with Gasteiger partial charge in [-0.3, -0.25) is 4.79 Å². The molecule has 1 amide bonds. The third-order valence-corrected chi connectivity index (χ3v) is 3.92. The van der Waals surface area contributed by atoms with Crippen LogP contribution in [0.4, 0.5) is 0 Å². The van der Waals surface area contributed by atoms with E-state index in [-0.39, 0.29) is 5.91 Å². The van der Waals surface area contributed by atoms with Gasteiger partial charge in [-0.15, -0.1) is 0 Å². The Morgan fingerprint density at radius 2 is 1.95 bits per heavy atom. The topological polar surface area (TPSA) is 38.3 Å². The van der Waals surface area contributed by atoms with Gasteiger partial charge >= 0.3 is 0 Å². The number of hydrogen-bond donors (Lipinski definition) is 1. The molecule has 0 spiro atoms. The van der Waals surface area contributed by atoms with E-state index in [4.69, 9.17) is 16.3 Å². The molecule has 0 aliphatic heterocycles. The molecule has 0 saturated heterocycles. The third-order valence-electron chi connectivity index (χ3n) is 2.79. The van der Waals surface area contributed by atoms with Gasteiger partial charge in [-0.1, -0.05) is 29.8 Å². The van der Waals surface area contributed by atoms with Gasteiger partial charge in [-0.25, -0.2) is 0 Å². The molecule has 0 aliphatic carbocycles. The van der Waals surface area contributed by atoms with E-state index in [1.54, 1.807) is 18.2 Å². The molecule has 1 N–H and O–H groups in total. The zero-order chi connectivity index (χ0) is 15.1. The van der Waals surface area contributed by atoms with Crippen LogP contribution in [0.15, 0.2) is 48.5 Å². The number of hydrogen-bond acceptors (Lipinski definition) is 2. The molecule has 0 heterocycles. The summed E-state index contributed by atoms with van der Waals surface area (Å²) in [6.07, 6.45) is 0.755. The summed E-state index contributed by atoms with van der Waals surface area (Å²) in [7, 11) is 0. The van der Waals surface area contributed by atoms with Gasteiger partial charge in [-0.05, 0) is 59.3 Å². The van der Waals surface area contributed by atoms with E-state index < -0.39 is 0 Å². The monoisotopic (exact) mass is 415 g/mol. The smallest absolute Gasteiger partial charge is 0.252 e. The lowest BCUT2D eigenvalue weighted by Crippen LogP contribution is -2.26. The molecule has 0 aliphatic rings. The Balaban J connectivity index is 1.72. The molecule has 21 heavy (non-hydrogen) atoms. The fourth-order valence-corrected chi connectivity index (χ4v) is 2.87. The van der Waals surface area contributed by atoms with Crippen molar-refractivity contribution in [1.29, 1.82) is 0 Å². The van der Waals surface area contributed by atoms with Crippen LogP contribution in [0.5, 0.6) is 5.75 Å². The lowest BCUT2D eigenvalue weighted by Gasteiger charge is -2.08. The highest BCUT2D eigenvalue weighted by Gasteiger charge is 2.09. The summed E-state index contributed by atoms with van der Waals surface area (Å²) in [5.74, 6) is 0.756. The van der Waals surface area contributed by atoms with Crippen molar-refractivity contribution < 1.29 is 9.53 Å². The molecular formula is C16H15ClINO2. The molecule has 0 atom stereocenters. The Morgan fingerprint density at radius 3 is 2.67 bits per heavy atom. The summed E-state index contributed by atoms with van der Waals surface area (Å²) < 4.78 is 6.41. The lowest BCUT2D eigenvalue weighted by molar-refractivity contribution is 0.0950. The van der Waals surface area contributed by atoms with E-state index in [0.717, 1.165) is 15.7 Å². The first-order valence-corrected chi connectivity index (χ1v) is 8.03. The van der Waals surface area contributed by atoms with Crippen molar-refractivity contribution in [2.45, 2.75) is 6.42 Å². The van der Waals surface area contributed by atoms with Gasteiger partial charge in [0.15, 0.2) is 0 Å². The molecule has 0 fully saturated rings. The number of para-hydroxylation sites is 1. The van der Waals surface area contributed by atoms with Crippen molar-refractivity contribution in [2.24, 2.45) is 0 Å². The molecule has 0 radical (unpaired) electrons. The maximum atomic E-state index is 12.0. The number of nitrogens with one attached hydrogen (secondary N) is 1. The largest absolute Gasteiger partial charge is 0.494 e. The lowest BCUT2D eigenvalue weighted by atomic mass is 10.2. The summed E-state index contributed by atoms with van der Waals surface area (Å²) in [6.45, 7) is 1.15. The zero-order valence-corrected chi connectivity index (χ0v) is 14.2. The van der Waals surface area contributed by atoms with Crippen molar-refractivity contribution in [3.05, 3.63) is 62.7 Å². The van der Waals surface area contributed by atoms with Crippen molar-refractivity contribution in [2.75, 3.05) is 13.2 Å². The number of halogens is 2. The second-order valence-electron chi connectivity index (χ2n) is 4.40. The predicted octanol–water partition coefficient (Wildman–Crippen LogP) is 4.14. The normalized spacial score (nSPS) is 10.2. The van der Waals surface area contributed by atoms with Crippen LogP contribution >= 0.6 is 34.2 Å². The first-order chi connectivity index (χ1) is 10.2. The highest BCUT2D eigenvalue weighted by molar-refractivity contribution is 14.1. The minimum absolute atomic E-state index is 0.0872. The Morgan fingerprint density at radius 1 is 1.19 bits per heavy atom. The van der Waals surface area contributed by atoms with Gasteiger partial charge in [0.25, 0.3) is 5.91 Å². The SMILES string of the molecule is O=C(NCCCOc1ccccc1)c1ccc(Cl)cc1I. The van der Waals surface area contributed by atoms with Crippen LogP contribution in [0.2, 0.25) is 5.02 Å². The Bertz CT molecular complexity index is 604. The first-order valence-electron chi connectivity index (χ1n) is 6.58. The average Bonchev–Trinajstić information content (AvgIpc) is 2.47. The number of benzene rings is 2. The summed E-state index contributed by atoms with van der Waals surface area (Å²) in [6, 6.07) is 14.9. The quantitative estimate of drug-likeness (QED) is 0.569. The Labute approximate surface area is 142 Å². The van der Waals surface area contributed by atoms with Crippen molar-refractivity contribution in [3.63, 3.8) is 0 Å². The minimum atomic E-state index is -0.0872. The zero-order valence-electron chi connectivity index (χ0n) is 11.3. The summed E-state index contributed by atoms with van der Waals surface area (Å²) in [5, 5.41) is 3.51. The molecule has 110 valence electrons. The molecule has 3 nitrogen and oxygen atoms in total. The van der Waals surface area contributed by atoms with Gasteiger partial charge in [0.1, 0.15) is 5.75 Å². The van der Waals surface area contributed by atoms with Gasteiger partial charge < -0.3 is 10.1 Å². The molecule has 0 bridgehead atoms. The summed E-state index contributed by atoms with van der Waals surface area (Å²) in [5.41, 5.74) is 0.643. The molecule has 5 heteroatoms. The van der Waals surface area contributed by atoms with E-state index >= 15 is 0 Å². The second-order valence-corrected chi connectivity index (χ2v) is 5.99. The van der Waals surface area contributed by atoms with Gasteiger partial charge in [0.05, 0.1) is 12.2 Å². The molecule has 0 unspecified atom stereocenters. The third kappa shape index (κ3) is 5.21. The predicted molar refractivity (Wildman–Crippen MR) is 93.1 cm³/mol. The number of amides is 1. The maximum Gasteiger partial charge on any atom is 0.252 e. The van der Waals surface area contributed by atoms with Crippen LogP contribution in [0, 0.1) is 3.57 Å². The van der Waals surface area contributed by atoms with Gasteiger partial charge in [0.2, 0.25) is 0 Å². The number of carbonyl (C=O) groups is 1. The van der Waals surface area contributed by atoms with E-state index in [2.05, 4.69) is 27.9 Å². The molecule has 2 rings (SSSR count). The highest BCUT2D eigenvalue weighted by atomic mass is 127. The van der Waals surface area contributed by atoms with E-state index in [1.807, 2.05) is 30.3 Å². The highest BCUT2D eigenvalue weighted by Crippen LogP contribution is 2.17. The maximum absolute atomic E-state index is 12.0. The number of ether oxygens (including phenoxy) is 1. The molecule has 0 saturated carbocycles. The van der Waals surface area contributed by atoms with E-state index in [9.17, 15) is 4.79 Å². The number of rotatable bonds is 6. The minimum Gasteiger partial charge on any atom is -0.494 e. The Hall–Kier alpha value is -1.27. The first kappa shape index (κ1) is 16.1.